The summed E-state index contributed by atoms with van der Waals surface area (Å²) >= 11 is 7.15. The van der Waals surface area contributed by atoms with Crippen LogP contribution >= 0.6 is 22.9 Å². The number of hydrogen-bond acceptors (Lipinski definition) is 5. The second-order valence-electron chi connectivity index (χ2n) is 3.67. The molecule has 2 heterocycles. The van der Waals surface area contributed by atoms with E-state index in [0.29, 0.717) is 24.1 Å². The second-order valence-corrected chi connectivity index (χ2v) is 4.88. The fourth-order valence-corrected chi connectivity index (χ4v) is 2.52. The van der Waals surface area contributed by atoms with Gasteiger partial charge < -0.3 is 4.74 Å². The van der Waals surface area contributed by atoms with Crippen molar-refractivity contribution in [3.8, 4) is 6.01 Å². The fraction of sp³-hybridized carbons (Fsp3) is 0.364. The Hall–Kier alpha value is -1.40. The van der Waals surface area contributed by atoms with Crippen LogP contribution in [0, 0.1) is 6.92 Å². The molecule has 18 heavy (non-hydrogen) atoms. The zero-order chi connectivity index (χ0) is 13.1. The summed E-state index contributed by atoms with van der Waals surface area (Å²) in [6, 6.07) is 1.76. The quantitative estimate of drug-likeness (QED) is 0.804. The molecule has 0 radical (unpaired) electrons. The van der Waals surface area contributed by atoms with Crippen LogP contribution in [0.25, 0.3) is 0 Å². The van der Waals surface area contributed by atoms with E-state index < -0.39 is 0 Å². The number of thiazole rings is 1. The van der Waals surface area contributed by atoms with E-state index in [1.165, 1.54) is 29.1 Å². The minimum absolute atomic E-state index is 0.151. The predicted molar refractivity (Wildman–Crippen MR) is 70.6 cm³/mol. The first kappa shape index (κ1) is 13.0. The monoisotopic (exact) mass is 285 g/mol. The molecular formula is C11H12ClN3O2S. The second kappa shape index (κ2) is 5.49. The zero-order valence-corrected chi connectivity index (χ0v) is 11.6. The maximum atomic E-state index is 11.9. The van der Waals surface area contributed by atoms with Crippen LogP contribution in [0.4, 0.5) is 0 Å². The topological polar surface area (TPSA) is 57.0 Å². The van der Waals surface area contributed by atoms with Crippen LogP contribution < -0.4 is 10.3 Å². The van der Waals surface area contributed by atoms with Gasteiger partial charge >= 0.3 is 0 Å². The van der Waals surface area contributed by atoms with Crippen molar-refractivity contribution < 1.29 is 4.74 Å². The molecule has 0 saturated carbocycles. The minimum Gasteiger partial charge on any atom is -0.468 e. The Bertz CT molecular complexity index is 609. The van der Waals surface area contributed by atoms with Gasteiger partial charge in [-0.15, -0.1) is 22.9 Å². The maximum Gasteiger partial charge on any atom is 0.299 e. The molecule has 0 bridgehead atoms. The molecule has 0 aromatic carbocycles. The lowest BCUT2D eigenvalue weighted by atomic mass is 10.4. The van der Waals surface area contributed by atoms with Gasteiger partial charge in [0.15, 0.2) is 0 Å². The summed E-state index contributed by atoms with van der Waals surface area (Å²) in [6.07, 6.45) is 0. The standard InChI is InChI=1S/C11H12ClN3O2S/c1-7-3-10(16)15(11(13-7)17-2)5-9-14-8(4-12)6-18-9/h3,6H,4-5H2,1-2H3. The van der Waals surface area contributed by atoms with Gasteiger partial charge in [0.2, 0.25) is 0 Å². The van der Waals surface area contributed by atoms with E-state index in [2.05, 4.69) is 9.97 Å². The van der Waals surface area contributed by atoms with E-state index >= 15 is 0 Å². The number of ether oxygens (including phenoxy) is 1. The largest absolute Gasteiger partial charge is 0.468 e. The van der Waals surface area contributed by atoms with Crippen molar-refractivity contribution >= 4 is 22.9 Å². The highest BCUT2D eigenvalue weighted by atomic mass is 35.5. The van der Waals surface area contributed by atoms with Crippen molar-refractivity contribution in [3.05, 3.63) is 38.2 Å². The third-order valence-corrected chi connectivity index (χ3v) is 3.47. The molecule has 0 amide bonds. The van der Waals surface area contributed by atoms with Gasteiger partial charge in [0.25, 0.3) is 11.6 Å². The molecule has 96 valence electrons. The summed E-state index contributed by atoms with van der Waals surface area (Å²) in [5, 5.41) is 2.68. The number of halogens is 1. The Morgan fingerprint density at radius 1 is 1.50 bits per heavy atom. The van der Waals surface area contributed by atoms with Crippen LogP contribution in [0.3, 0.4) is 0 Å². The molecule has 0 aliphatic carbocycles. The number of aryl methyl sites for hydroxylation is 1. The number of aromatic nitrogens is 3. The van der Waals surface area contributed by atoms with Gasteiger partial charge in [-0.1, -0.05) is 0 Å². The SMILES string of the molecule is COc1nc(C)cc(=O)n1Cc1nc(CCl)cs1. The average molecular weight is 286 g/mol. The highest BCUT2D eigenvalue weighted by molar-refractivity contribution is 7.09. The van der Waals surface area contributed by atoms with E-state index in [1.54, 1.807) is 6.92 Å². The summed E-state index contributed by atoms with van der Waals surface area (Å²) in [6.45, 7) is 2.10. The Labute approximate surface area is 113 Å². The molecule has 0 fully saturated rings. The molecule has 0 atom stereocenters. The lowest BCUT2D eigenvalue weighted by Crippen LogP contribution is -2.23. The predicted octanol–water partition coefficient (Wildman–Crippen LogP) is 1.80. The summed E-state index contributed by atoms with van der Waals surface area (Å²) in [4.78, 5) is 20.4. The van der Waals surface area contributed by atoms with Gasteiger partial charge in [-0.2, -0.15) is 0 Å². The van der Waals surface area contributed by atoms with E-state index in [4.69, 9.17) is 16.3 Å². The number of alkyl halides is 1. The van der Waals surface area contributed by atoms with Crippen molar-refractivity contribution in [2.75, 3.05) is 7.11 Å². The Kier molecular flexibility index (Phi) is 3.98. The van der Waals surface area contributed by atoms with Gasteiger partial charge in [0.05, 0.1) is 25.2 Å². The highest BCUT2D eigenvalue weighted by Crippen LogP contribution is 2.14. The van der Waals surface area contributed by atoms with Crippen LogP contribution in [0.2, 0.25) is 0 Å². The van der Waals surface area contributed by atoms with Gasteiger partial charge in [0, 0.05) is 17.1 Å². The fourth-order valence-electron chi connectivity index (χ4n) is 1.51. The summed E-state index contributed by atoms with van der Waals surface area (Å²) in [5.74, 6) is 0.370. The number of rotatable bonds is 4. The Balaban J connectivity index is 2.36. The van der Waals surface area contributed by atoms with Crippen LogP contribution in [0.5, 0.6) is 6.01 Å². The van der Waals surface area contributed by atoms with Crippen molar-refractivity contribution in [2.24, 2.45) is 0 Å². The normalized spacial score (nSPS) is 10.6. The molecule has 5 nitrogen and oxygen atoms in total. The molecule has 2 aromatic heterocycles. The van der Waals surface area contributed by atoms with Gasteiger partial charge in [-0.05, 0) is 6.92 Å². The third-order valence-electron chi connectivity index (χ3n) is 2.31. The Morgan fingerprint density at radius 3 is 2.89 bits per heavy atom. The van der Waals surface area contributed by atoms with E-state index in [-0.39, 0.29) is 5.56 Å². The van der Waals surface area contributed by atoms with Gasteiger partial charge in [0.1, 0.15) is 5.01 Å². The molecular weight excluding hydrogens is 274 g/mol. The zero-order valence-electron chi connectivity index (χ0n) is 10.0. The molecule has 7 heteroatoms. The smallest absolute Gasteiger partial charge is 0.299 e. The van der Waals surface area contributed by atoms with Crippen LogP contribution in [0.1, 0.15) is 16.4 Å². The van der Waals surface area contributed by atoms with Crippen LogP contribution in [-0.4, -0.2) is 21.6 Å². The van der Waals surface area contributed by atoms with E-state index in [1.807, 2.05) is 5.38 Å². The number of nitrogens with zero attached hydrogens (tertiary/aromatic N) is 3. The highest BCUT2D eigenvalue weighted by Gasteiger charge is 2.10. The van der Waals surface area contributed by atoms with E-state index in [0.717, 1.165) is 10.7 Å². The molecule has 0 unspecified atom stereocenters. The number of methoxy groups -OCH3 is 1. The van der Waals surface area contributed by atoms with Crippen molar-refractivity contribution in [1.29, 1.82) is 0 Å². The number of hydrogen-bond donors (Lipinski definition) is 0. The maximum absolute atomic E-state index is 11.9. The molecule has 0 spiro atoms. The lowest BCUT2D eigenvalue weighted by Gasteiger charge is -2.09. The molecule has 0 aliphatic rings. The van der Waals surface area contributed by atoms with Crippen molar-refractivity contribution in [3.63, 3.8) is 0 Å². The van der Waals surface area contributed by atoms with Crippen LogP contribution in [0.15, 0.2) is 16.2 Å². The average Bonchev–Trinajstić information content (AvgIpc) is 2.80. The summed E-state index contributed by atoms with van der Waals surface area (Å²) in [7, 11) is 1.49. The Morgan fingerprint density at radius 2 is 2.28 bits per heavy atom. The first-order chi connectivity index (χ1) is 8.63. The van der Waals surface area contributed by atoms with Crippen molar-refractivity contribution in [2.45, 2.75) is 19.3 Å². The molecule has 2 rings (SSSR count). The molecule has 0 saturated heterocycles. The molecule has 0 N–H and O–H groups in total. The van der Waals surface area contributed by atoms with Crippen LogP contribution in [-0.2, 0) is 12.4 Å². The van der Waals surface area contributed by atoms with Crippen molar-refractivity contribution in [1.82, 2.24) is 14.5 Å². The molecule has 2 aromatic rings. The minimum atomic E-state index is -0.151. The summed E-state index contributed by atoms with van der Waals surface area (Å²) in [5.41, 5.74) is 1.29. The van der Waals surface area contributed by atoms with Gasteiger partial charge in [-0.25, -0.2) is 9.97 Å². The molecule has 0 aliphatic heterocycles. The van der Waals surface area contributed by atoms with Gasteiger partial charge in [-0.3, -0.25) is 9.36 Å². The lowest BCUT2D eigenvalue weighted by molar-refractivity contribution is 0.349. The summed E-state index contributed by atoms with van der Waals surface area (Å²) < 4.78 is 6.56. The first-order valence-corrected chi connectivity index (χ1v) is 6.67. The first-order valence-electron chi connectivity index (χ1n) is 5.25. The third kappa shape index (κ3) is 2.70. The van der Waals surface area contributed by atoms with E-state index in [9.17, 15) is 4.79 Å².